The molecular formula is C11H22ClN2O+. The monoisotopic (exact) mass is 233 g/mol. The lowest BCUT2D eigenvalue weighted by Crippen LogP contribution is -2.42. The molecule has 0 aliphatic carbocycles. The Bertz CT molecular complexity index is 205. The first kappa shape index (κ1) is 14.5. The third-order valence-corrected chi connectivity index (χ3v) is 2.59. The molecule has 88 valence electrons. The summed E-state index contributed by atoms with van der Waals surface area (Å²) in [7, 11) is 4.36. The van der Waals surface area contributed by atoms with Gasteiger partial charge in [-0.1, -0.05) is 6.58 Å². The number of nitrogens with one attached hydrogen (secondary N) is 1. The highest BCUT2D eigenvalue weighted by atomic mass is 35.5. The molecule has 0 aliphatic heterocycles. The molecule has 0 heterocycles. The van der Waals surface area contributed by atoms with Crippen LogP contribution >= 0.6 is 11.6 Å². The van der Waals surface area contributed by atoms with E-state index in [1.165, 1.54) is 6.08 Å². The number of alkyl halides is 1. The van der Waals surface area contributed by atoms with E-state index in [1.807, 2.05) is 0 Å². The normalized spacial score (nSPS) is 11.1. The number of carbonyl (C=O) groups is 1. The van der Waals surface area contributed by atoms with Crippen molar-refractivity contribution in [3.05, 3.63) is 12.7 Å². The van der Waals surface area contributed by atoms with Crippen molar-refractivity contribution in [3.63, 3.8) is 0 Å². The van der Waals surface area contributed by atoms with E-state index in [9.17, 15) is 4.79 Å². The molecule has 0 unspecified atom stereocenters. The Labute approximate surface area is 97.7 Å². The summed E-state index contributed by atoms with van der Waals surface area (Å²) < 4.78 is 0.955. The standard InChI is InChI=1S/C11H21ClN2O/c1-4-11(15)13-8-6-10-14(2,3)9-5-7-12/h4H,1,5-10H2,2-3H3/p+1. The van der Waals surface area contributed by atoms with Crippen LogP contribution in [0.5, 0.6) is 0 Å². The second-order valence-electron chi connectivity index (χ2n) is 4.27. The summed E-state index contributed by atoms with van der Waals surface area (Å²) in [6, 6.07) is 0. The number of hydrogen-bond acceptors (Lipinski definition) is 1. The molecule has 3 nitrogen and oxygen atoms in total. The predicted molar refractivity (Wildman–Crippen MR) is 65.0 cm³/mol. The van der Waals surface area contributed by atoms with Gasteiger partial charge >= 0.3 is 0 Å². The predicted octanol–water partition coefficient (Wildman–Crippen LogP) is 1.38. The maximum absolute atomic E-state index is 10.9. The largest absolute Gasteiger partial charge is 0.352 e. The minimum Gasteiger partial charge on any atom is -0.352 e. The molecule has 1 N–H and O–H groups in total. The molecule has 0 aromatic heterocycles. The highest BCUT2D eigenvalue weighted by molar-refractivity contribution is 6.17. The molecule has 0 radical (unpaired) electrons. The average molecular weight is 234 g/mol. The number of quaternary nitrogens is 1. The molecule has 0 rings (SSSR count). The maximum atomic E-state index is 10.9. The maximum Gasteiger partial charge on any atom is 0.243 e. The molecule has 0 aromatic rings. The molecule has 0 bridgehead atoms. The fraction of sp³-hybridized carbons (Fsp3) is 0.727. The lowest BCUT2D eigenvalue weighted by molar-refractivity contribution is -0.890. The summed E-state index contributed by atoms with van der Waals surface area (Å²) >= 11 is 5.65. The summed E-state index contributed by atoms with van der Waals surface area (Å²) in [6.45, 7) is 6.25. The lowest BCUT2D eigenvalue weighted by Gasteiger charge is -2.29. The average Bonchev–Trinajstić information content (AvgIpc) is 2.21. The van der Waals surface area contributed by atoms with Crippen LogP contribution in [-0.4, -0.2) is 50.0 Å². The zero-order valence-corrected chi connectivity index (χ0v) is 10.5. The van der Waals surface area contributed by atoms with Crippen LogP contribution in [0.25, 0.3) is 0 Å². The molecule has 0 fully saturated rings. The summed E-state index contributed by atoms with van der Waals surface area (Å²) in [5.41, 5.74) is 0. The van der Waals surface area contributed by atoms with E-state index in [1.54, 1.807) is 0 Å². The zero-order chi connectivity index (χ0) is 11.7. The Balaban J connectivity index is 3.56. The minimum atomic E-state index is -0.0962. The molecule has 4 heteroatoms. The number of hydrogen-bond donors (Lipinski definition) is 1. The first-order chi connectivity index (χ1) is 7.02. The summed E-state index contributed by atoms with van der Waals surface area (Å²) in [6.07, 6.45) is 3.32. The van der Waals surface area contributed by atoms with Crippen LogP contribution in [0.15, 0.2) is 12.7 Å². The molecular weight excluding hydrogens is 212 g/mol. The number of rotatable bonds is 8. The Hall–Kier alpha value is -0.540. The van der Waals surface area contributed by atoms with Crippen LogP contribution in [0, 0.1) is 0 Å². The van der Waals surface area contributed by atoms with E-state index in [0.29, 0.717) is 6.54 Å². The van der Waals surface area contributed by atoms with Crippen molar-refractivity contribution >= 4 is 17.5 Å². The number of carbonyl (C=O) groups excluding carboxylic acids is 1. The van der Waals surface area contributed by atoms with E-state index in [2.05, 4.69) is 26.0 Å². The summed E-state index contributed by atoms with van der Waals surface area (Å²) in [4.78, 5) is 10.9. The number of nitrogens with zero attached hydrogens (tertiary/aromatic N) is 1. The Morgan fingerprint density at radius 2 is 2.00 bits per heavy atom. The summed E-state index contributed by atoms with van der Waals surface area (Å²) in [5.74, 6) is 0.621. The van der Waals surface area contributed by atoms with Crippen molar-refractivity contribution < 1.29 is 9.28 Å². The molecule has 1 amide bonds. The van der Waals surface area contributed by atoms with Gasteiger partial charge in [-0.15, -0.1) is 11.6 Å². The Morgan fingerprint density at radius 3 is 2.53 bits per heavy atom. The van der Waals surface area contributed by atoms with Gasteiger partial charge in [0.1, 0.15) is 0 Å². The van der Waals surface area contributed by atoms with Crippen LogP contribution in [0.3, 0.4) is 0 Å². The molecule has 0 aromatic carbocycles. The second-order valence-corrected chi connectivity index (χ2v) is 4.65. The van der Waals surface area contributed by atoms with Crippen LogP contribution < -0.4 is 5.32 Å². The van der Waals surface area contributed by atoms with Crippen molar-refractivity contribution in [2.75, 3.05) is 39.6 Å². The highest BCUT2D eigenvalue weighted by Crippen LogP contribution is 2.01. The SMILES string of the molecule is C=CC(=O)NCCC[N+](C)(C)CCCCl. The minimum absolute atomic E-state index is 0.0962. The third-order valence-electron chi connectivity index (χ3n) is 2.32. The van der Waals surface area contributed by atoms with Crippen molar-refractivity contribution in [3.8, 4) is 0 Å². The van der Waals surface area contributed by atoms with E-state index < -0.39 is 0 Å². The van der Waals surface area contributed by atoms with Crippen molar-refractivity contribution in [1.29, 1.82) is 0 Å². The van der Waals surface area contributed by atoms with Gasteiger partial charge in [0.2, 0.25) is 5.91 Å². The van der Waals surface area contributed by atoms with Crippen LogP contribution in [0.2, 0.25) is 0 Å². The van der Waals surface area contributed by atoms with Gasteiger partial charge in [0, 0.05) is 25.3 Å². The molecule has 0 spiro atoms. The third kappa shape index (κ3) is 8.45. The summed E-state index contributed by atoms with van der Waals surface area (Å²) in [5, 5.41) is 2.77. The lowest BCUT2D eigenvalue weighted by atomic mass is 10.3. The quantitative estimate of drug-likeness (QED) is 0.292. The molecule has 0 aliphatic rings. The van der Waals surface area contributed by atoms with Gasteiger partial charge in [0.15, 0.2) is 0 Å². The molecule has 15 heavy (non-hydrogen) atoms. The number of halogens is 1. The first-order valence-corrected chi connectivity index (χ1v) is 5.83. The van der Waals surface area contributed by atoms with E-state index in [4.69, 9.17) is 11.6 Å². The smallest absolute Gasteiger partial charge is 0.243 e. The van der Waals surface area contributed by atoms with Crippen LogP contribution in [0.4, 0.5) is 0 Å². The van der Waals surface area contributed by atoms with Crippen molar-refractivity contribution in [1.82, 2.24) is 5.32 Å². The van der Waals surface area contributed by atoms with Crippen molar-refractivity contribution in [2.24, 2.45) is 0 Å². The topological polar surface area (TPSA) is 29.1 Å². The fourth-order valence-corrected chi connectivity index (χ4v) is 1.51. The van der Waals surface area contributed by atoms with Crippen LogP contribution in [0.1, 0.15) is 12.8 Å². The van der Waals surface area contributed by atoms with E-state index >= 15 is 0 Å². The highest BCUT2D eigenvalue weighted by Gasteiger charge is 2.13. The van der Waals surface area contributed by atoms with Gasteiger partial charge in [0.25, 0.3) is 0 Å². The van der Waals surface area contributed by atoms with Gasteiger partial charge in [-0.2, -0.15) is 0 Å². The van der Waals surface area contributed by atoms with Gasteiger partial charge in [-0.05, 0) is 6.08 Å². The fourth-order valence-electron chi connectivity index (χ4n) is 1.39. The Morgan fingerprint density at radius 1 is 1.40 bits per heavy atom. The number of amides is 1. The molecule has 0 saturated carbocycles. The molecule has 0 saturated heterocycles. The van der Waals surface area contributed by atoms with E-state index in [-0.39, 0.29) is 5.91 Å². The molecule has 0 atom stereocenters. The van der Waals surface area contributed by atoms with Gasteiger partial charge in [-0.3, -0.25) is 4.79 Å². The first-order valence-electron chi connectivity index (χ1n) is 5.30. The van der Waals surface area contributed by atoms with Gasteiger partial charge in [-0.25, -0.2) is 0 Å². The second kappa shape index (κ2) is 7.71. The zero-order valence-electron chi connectivity index (χ0n) is 9.76. The van der Waals surface area contributed by atoms with Gasteiger partial charge < -0.3 is 9.80 Å². The van der Waals surface area contributed by atoms with E-state index in [0.717, 1.165) is 36.3 Å². The van der Waals surface area contributed by atoms with Crippen LogP contribution in [-0.2, 0) is 4.79 Å². The Kier molecular flexibility index (Phi) is 7.44. The van der Waals surface area contributed by atoms with Gasteiger partial charge in [0.05, 0.1) is 27.2 Å². The van der Waals surface area contributed by atoms with Crippen molar-refractivity contribution in [2.45, 2.75) is 12.8 Å².